The molecule has 144 valence electrons. The van der Waals surface area contributed by atoms with E-state index in [9.17, 15) is 20.1 Å². The molecule has 1 atom stereocenters. The van der Waals surface area contributed by atoms with Crippen molar-refractivity contribution < 1.29 is 14.7 Å². The molecular formula is C23H20N3O3+. The van der Waals surface area contributed by atoms with Crippen LogP contribution in [0.5, 0.6) is 5.75 Å². The Balaban J connectivity index is 1.84. The van der Waals surface area contributed by atoms with Crippen LogP contribution < -0.4 is 4.90 Å². The quantitative estimate of drug-likeness (QED) is 0.458. The van der Waals surface area contributed by atoms with Crippen LogP contribution in [0.3, 0.4) is 0 Å². The Hall–Kier alpha value is -3.72. The second-order valence-electron chi connectivity index (χ2n) is 7.35. The van der Waals surface area contributed by atoms with Gasteiger partial charge in [0.15, 0.2) is 4.98 Å². The lowest BCUT2D eigenvalue weighted by Gasteiger charge is -2.27. The van der Waals surface area contributed by atoms with Crippen LogP contribution in [0.25, 0.3) is 15.7 Å². The second kappa shape index (κ2) is 7.02. The lowest BCUT2D eigenvalue weighted by molar-refractivity contribution is 0.0893. The van der Waals surface area contributed by atoms with Crippen molar-refractivity contribution in [3.05, 3.63) is 70.2 Å². The Bertz CT molecular complexity index is 1190. The van der Waals surface area contributed by atoms with E-state index < -0.39 is 11.8 Å². The zero-order valence-electron chi connectivity index (χ0n) is 16.2. The molecule has 0 saturated heterocycles. The first-order valence-electron chi connectivity index (χ1n) is 9.60. The predicted octanol–water partition coefficient (Wildman–Crippen LogP) is 5.73. The predicted molar refractivity (Wildman–Crippen MR) is 111 cm³/mol. The minimum Gasteiger partial charge on any atom is -0.501 e. The molecule has 0 fully saturated rings. The number of diazo groups is 1. The number of phenols is 1. The minimum atomic E-state index is -0.521. The highest BCUT2D eigenvalue weighted by molar-refractivity contribution is 6.36. The summed E-state index contributed by atoms with van der Waals surface area (Å²) in [5.74, 6) is -0.891. The maximum Gasteiger partial charge on any atom is 0.433 e. The number of anilines is 1. The van der Waals surface area contributed by atoms with Gasteiger partial charge in [0.25, 0.3) is 11.8 Å². The number of amides is 2. The van der Waals surface area contributed by atoms with Crippen molar-refractivity contribution in [3.63, 3.8) is 0 Å². The maximum atomic E-state index is 13.2. The van der Waals surface area contributed by atoms with Crippen molar-refractivity contribution in [1.29, 1.82) is 5.39 Å². The lowest BCUT2D eigenvalue weighted by Crippen LogP contribution is -2.40. The van der Waals surface area contributed by atoms with Crippen molar-refractivity contribution in [2.75, 3.05) is 4.90 Å². The summed E-state index contributed by atoms with van der Waals surface area (Å²) in [4.78, 5) is 30.6. The molecule has 6 heteroatoms. The number of carbonyl (C=O) groups excluding carboxylic acids is 2. The summed E-state index contributed by atoms with van der Waals surface area (Å²) in [6.45, 7) is 4.29. The number of hydrogen-bond acceptors (Lipinski definition) is 4. The highest BCUT2D eigenvalue weighted by Gasteiger charge is 2.37. The standard InChI is InChI=1S/C23H19N3O3/c1-3-5-13(2)14-8-10-15(11-9-14)26-22(28)17-7-4-6-16-20(17)18(23(26)29)12-19(27)21(16)25-24/h4,6-13H,3,5H2,1-2H3/p+1. The first-order valence-corrected chi connectivity index (χ1v) is 9.60. The Morgan fingerprint density at radius 2 is 1.76 bits per heavy atom. The number of rotatable bonds is 4. The Labute approximate surface area is 168 Å². The molecule has 2 amide bonds. The summed E-state index contributed by atoms with van der Waals surface area (Å²) in [7, 11) is 0. The summed E-state index contributed by atoms with van der Waals surface area (Å²) < 4.78 is 0. The highest BCUT2D eigenvalue weighted by atomic mass is 16.3. The molecule has 3 aromatic rings. The number of benzene rings is 3. The van der Waals surface area contributed by atoms with Gasteiger partial charge in [-0.05, 0) is 42.2 Å². The molecule has 1 heterocycles. The highest BCUT2D eigenvalue weighted by Crippen LogP contribution is 2.42. The summed E-state index contributed by atoms with van der Waals surface area (Å²) in [6, 6.07) is 13.6. The van der Waals surface area contributed by atoms with E-state index in [1.54, 1.807) is 30.3 Å². The molecule has 0 radical (unpaired) electrons. The third-order valence-electron chi connectivity index (χ3n) is 5.52. The summed E-state index contributed by atoms with van der Waals surface area (Å²) in [5, 5.41) is 20.2. The molecule has 0 spiro atoms. The topological polar surface area (TPSA) is 85.8 Å². The number of nitrogens with zero attached hydrogens (tertiary/aromatic N) is 3. The monoisotopic (exact) mass is 386 g/mol. The third-order valence-corrected chi connectivity index (χ3v) is 5.52. The molecular weight excluding hydrogens is 366 g/mol. The van der Waals surface area contributed by atoms with Gasteiger partial charge in [-0.25, -0.2) is 4.90 Å². The van der Waals surface area contributed by atoms with Gasteiger partial charge in [0.1, 0.15) is 0 Å². The van der Waals surface area contributed by atoms with Crippen LogP contribution >= 0.6 is 0 Å². The SMILES string of the molecule is CCCC(C)c1ccc(N2C(=O)c3cccc4c([N+]#N)c(O)cc(c34)C2=O)cc1. The van der Waals surface area contributed by atoms with E-state index in [0.29, 0.717) is 27.9 Å². The molecule has 4 rings (SSSR count). The number of imide groups is 1. The molecule has 1 N–H and O–H groups in total. The van der Waals surface area contributed by atoms with Gasteiger partial charge in [-0.15, -0.1) is 0 Å². The molecule has 1 aliphatic rings. The van der Waals surface area contributed by atoms with Crippen molar-refractivity contribution >= 4 is 34.0 Å². The smallest absolute Gasteiger partial charge is 0.433 e. The van der Waals surface area contributed by atoms with E-state index in [1.807, 2.05) is 12.1 Å². The third kappa shape index (κ3) is 2.83. The van der Waals surface area contributed by atoms with Crippen LogP contribution in [0.1, 0.15) is 58.9 Å². The molecule has 29 heavy (non-hydrogen) atoms. The van der Waals surface area contributed by atoms with Crippen LogP contribution in [0, 0.1) is 5.39 Å². The van der Waals surface area contributed by atoms with Crippen molar-refractivity contribution in [2.45, 2.75) is 32.6 Å². The average molecular weight is 386 g/mol. The molecule has 6 nitrogen and oxygen atoms in total. The van der Waals surface area contributed by atoms with Gasteiger partial charge in [0.05, 0.1) is 16.6 Å². The van der Waals surface area contributed by atoms with E-state index in [-0.39, 0.29) is 17.0 Å². The molecule has 0 saturated carbocycles. The van der Waals surface area contributed by atoms with Crippen molar-refractivity contribution in [2.24, 2.45) is 0 Å². The largest absolute Gasteiger partial charge is 0.501 e. The first-order chi connectivity index (χ1) is 14.0. The van der Waals surface area contributed by atoms with Gasteiger partial charge in [0.2, 0.25) is 11.1 Å². The number of phenolic OH excluding ortho intramolecular Hbond substituents is 1. The van der Waals surface area contributed by atoms with Gasteiger partial charge in [-0.2, -0.15) is 0 Å². The van der Waals surface area contributed by atoms with Gasteiger partial charge < -0.3 is 5.11 Å². The first kappa shape index (κ1) is 18.6. The fourth-order valence-corrected chi connectivity index (χ4v) is 4.03. The summed E-state index contributed by atoms with van der Waals surface area (Å²) >= 11 is 0. The van der Waals surface area contributed by atoms with Crippen LogP contribution in [0.2, 0.25) is 0 Å². The van der Waals surface area contributed by atoms with Crippen LogP contribution in [0.15, 0.2) is 48.5 Å². The lowest BCUT2D eigenvalue weighted by atomic mass is 9.92. The minimum absolute atomic E-state index is 0.0612. The molecule has 1 unspecified atom stereocenters. The van der Waals surface area contributed by atoms with Gasteiger partial charge in [-0.1, -0.05) is 38.5 Å². The van der Waals surface area contributed by atoms with E-state index in [1.165, 1.54) is 6.07 Å². The van der Waals surface area contributed by atoms with E-state index in [2.05, 4.69) is 18.8 Å². The molecule has 0 aromatic heterocycles. The van der Waals surface area contributed by atoms with E-state index in [4.69, 9.17) is 0 Å². The normalized spacial score (nSPS) is 14.2. The number of carbonyl (C=O) groups is 2. The maximum absolute atomic E-state index is 13.2. The van der Waals surface area contributed by atoms with Gasteiger partial charge in [-0.3, -0.25) is 9.59 Å². The van der Waals surface area contributed by atoms with Gasteiger partial charge >= 0.3 is 5.69 Å². The molecule has 0 aliphatic carbocycles. The fraction of sp³-hybridized carbons (Fsp3) is 0.217. The number of hydrogen-bond donors (Lipinski definition) is 1. The summed E-state index contributed by atoms with van der Waals surface area (Å²) in [5.41, 5.74) is 2.09. The van der Waals surface area contributed by atoms with Crippen LogP contribution in [-0.2, 0) is 0 Å². The Morgan fingerprint density at radius 3 is 2.41 bits per heavy atom. The van der Waals surface area contributed by atoms with E-state index >= 15 is 0 Å². The van der Waals surface area contributed by atoms with Crippen molar-refractivity contribution in [1.82, 2.24) is 0 Å². The second-order valence-corrected chi connectivity index (χ2v) is 7.35. The van der Waals surface area contributed by atoms with Crippen molar-refractivity contribution in [3.8, 4) is 5.75 Å². The Kier molecular flexibility index (Phi) is 4.51. The van der Waals surface area contributed by atoms with E-state index in [0.717, 1.165) is 23.3 Å². The van der Waals surface area contributed by atoms with Gasteiger partial charge in [0, 0.05) is 17.0 Å². The fourth-order valence-electron chi connectivity index (χ4n) is 4.03. The molecule has 3 aromatic carbocycles. The van der Waals surface area contributed by atoms with Crippen LogP contribution in [-0.4, -0.2) is 16.9 Å². The zero-order chi connectivity index (χ0) is 20.7. The zero-order valence-corrected chi connectivity index (χ0v) is 16.2. The molecule has 0 bridgehead atoms. The molecule has 1 aliphatic heterocycles. The average Bonchev–Trinajstić information content (AvgIpc) is 2.72. The number of aromatic hydroxyl groups is 1. The van der Waals surface area contributed by atoms with Crippen LogP contribution in [0.4, 0.5) is 11.4 Å². The summed E-state index contributed by atoms with van der Waals surface area (Å²) in [6.07, 6.45) is 2.15. The Morgan fingerprint density at radius 1 is 1.07 bits per heavy atom.